The second kappa shape index (κ2) is 11.0. The Morgan fingerprint density at radius 2 is 1.65 bits per heavy atom. The number of benzene rings is 2. The zero-order chi connectivity index (χ0) is 26.7. The minimum atomic E-state index is -0.644. The fraction of sp³-hybridized carbons (Fsp3) is 0.379. The highest BCUT2D eigenvalue weighted by Gasteiger charge is 2.41. The molecule has 196 valence electrons. The molecule has 1 aliphatic heterocycles. The van der Waals surface area contributed by atoms with Crippen molar-refractivity contribution in [1.82, 2.24) is 5.32 Å². The van der Waals surface area contributed by atoms with E-state index in [0.29, 0.717) is 46.7 Å². The Bertz CT molecular complexity index is 1280. The van der Waals surface area contributed by atoms with Crippen molar-refractivity contribution in [3.8, 4) is 23.0 Å². The maximum Gasteiger partial charge on any atom is 0.336 e. The van der Waals surface area contributed by atoms with E-state index in [1.807, 2.05) is 32.0 Å². The summed E-state index contributed by atoms with van der Waals surface area (Å²) in [5, 5.41) is 13.5. The van der Waals surface area contributed by atoms with E-state index in [1.54, 1.807) is 26.4 Å². The number of hydrogen-bond donors (Lipinski definition) is 2. The number of methoxy groups -OCH3 is 3. The number of phenolic OH excluding ortho intramolecular Hbond substituents is 1. The molecule has 4 rings (SSSR count). The van der Waals surface area contributed by atoms with Gasteiger partial charge in [-0.2, -0.15) is 0 Å². The summed E-state index contributed by atoms with van der Waals surface area (Å²) in [4.78, 5) is 27.0. The van der Waals surface area contributed by atoms with Gasteiger partial charge in [-0.1, -0.05) is 19.1 Å². The summed E-state index contributed by atoms with van der Waals surface area (Å²) >= 11 is 0. The number of nitrogens with one attached hydrogen (secondary N) is 1. The zero-order valence-corrected chi connectivity index (χ0v) is 21.8. The van der Waals surface area contributed by atoms with Crippen LogP contribution >= 0.6 is 0 Å². The number of hydrogen-bond acceptors (Lipinski definition) is 8. The first-order valence-corrected chi connectivity index (χ1v) is 12.3. The molecule has 0 aromatic heterocycles. The maximum atomic E-state index is 13.8. The van der Waals surface area contributed by atoms with Gasteiger partial charge in [0, 0.05) is 29.3 Å². The quantitative estimate of drug-likeness (QED) is 0.494. The molecule has 0 saturated carbocycles. The van der Waals surface area contributed by atoms with E-state index < -0.39 is 11.9 Å². The Labute approximate surface area is 216 Å². The molecule has 8 heteroatoms. The molecule has 1 aliphatic carbocycles. The third-order valence-electron chi connectivity index (χ3n) is 6.90. The molecule has 0 fully saturated rings. The van der Waals surface area contributed by atoms with E-state index in [2.05, 4.69) is 5.32 Å². The van der Waals surface area contributed by atoms with E-state index in [0.717, 1.165) is 11.3 Å². The average molecular weight is 508 g/mol. The molecule has 8 nitrogen and oxygen atoms in total. The predicted molar refractivity (Wildman–Crippen MR) is 138 cm³/mol. The van der Waals surface area contributed by atoms with Gasteiger partial charge in [0.15, 0.2) is 28.8 Å². The smallest absolute Gasteiger partial charge is 0.336 e. The van der Waals surface area contributed by atoms with Crippen LogP contribution in [0.3, 0.4) is 0 Å². The largest absolute Gasteiger partial charge is 0.504 e. The van der Waals surface area contributed by atoms with Gasteiger partial charge in [-0.25, -0.2) is 4.79 Å². The molecule has 2 aliphatic rings. The number of carbonyl (C=O) groups is 2. The zero-order valence-electron chi connectivity index (χ0n) is 21.8. The van der Waals surface area contributed by atoms with Crippen LogP contribution in [0.15, 0.2) is 58.9 Å². The molecule has 2 atom stereocenters. The number of aromatic hydroxyl groups is 1. The van der Waals surface area contributed by atoms with E-state index in [4.69, 9.17) is 18.9 Å². The van der Waals surface area contributed by atoms with Gasteiger partial charge in [-0.05, 0) is 61.1 Å². The van der Waals surface area contributed by atoms with Crippen molar-refractivity contribution in [3.63, 3.8) is 0 Å². The van der Waals surface area contributed by atoms with Gasteiger partial charge in [-0.15, -0.1) is 0 Å². The van der Waals surface area contributed by atoms with Gasteiger partial charge in [0.25, 0.3) is 0 Å². The molecule has 0 spiro atoms. The average Bonchev–Trinajstić information content (AvgIpc) is 2.90. The molecular weight excluding hydrogens is 474 g/mol. The molecule has 37 heavy (non-hydrogen) atoms. The van der Waals surface area contributed by atoms with E-state index >= 15 is 0 Å². The van der Waals surface area contributed by atoms with Crippen LogP contribution in [-0.4, -0.2) is 44.8 Å². The lowest BCUT2D eigenvalue weighted by Gasteiger charge is -2.37. The first-order chi connectivity index (χ1) is 17.8. The topological polar surface area (TPSA) is 103 Å². The number of allylic oxidation sites excluding steroid dienone is 3. The molecule has 1 heterocycles. The fourth-order valence-corrected chi connectivity index (χ4v) is 5.13. The molecule has 0 saturated heterocycles. The number of ether oxygens (including phenoxy) is 4. The molecule has 0 amide bonds. The first kappa shape index (κ1) is 26.1. The van der Waals surface area contributed by atoms with Gasteiger partial charge in [0.1, 0.15) is 0 Å². The summed E-state index contributed by atoms with van der Waals surface area (Å²) in [7, 11) is 4.63. The number of phenols is 1. The second-order valence-electron chi connectivity index (χ2n) is 9.20. The van der Waals surface area contributed by atoms with Crippen LogP contribution in [0.1, 0.15) is 56.1 Å². The highest BCUT2D eigenvalue weighted by atomic mass is 16.5. The van der Waals surface area contributed by atoms with E-state index in [-0.39, 0.29) is 36.2 Å². The Balaban J connectivity index is 1.79. The van der Waals surface area contributed by atoms with Crippen molar-refractivity contribution < 1.29 is 33.6 Å². The van der Waals surface area contributed by atoms with Gasteiger partial charge in [-0.3, -0.25) is 4.79 Å². The monoisotopic (exact) mass is 507 g/mol. The Hall–Kier alpha value is -3.94. The van der Waals surface area contributed by atoms with Crippen LogP contribution in [0.2, 0.25) is 0 Å². The van der Waals surface area contributed by atoms with Crippen molar-refractivity contribution in [2.24, 2.45) is 0 Å². The summed E-state index contributed by atoms with van der Waals surface area (Å²) in [6.07, 6.45) is 1.54. The highest BCUT2D eigenvalue weighted by molar-refractivity contribution is 6.04. The van der Waals surface area contributed by atoms with Gasteiger partial charge < -0.3 is 29.4 Å². The van der Waals surface area contributed by atoms with Crippen LogP contribution in [0.4, 0.5) is 0 Å². The van der Waals surface area contributed by atoms with Crippen molar-refractivity contribution in [2.75, 3.05) is 27.9 Å². The number of carbonyl (C=O) groups excluding carboxylic acids is 2. The van der Waals surface area contributed by atoms with Crippen LogP contribution in [0.5, 0.6) is 23.0 Å². The normalized spacial score (nSPS) is 19.2. The second-order valence-corrected chi connectivity index (χ2v) is 9.20. The van der Waals surface area contributed by atoms with Crippen LogP contribution in [-0.2, 0) is 14.3 Å². The molecule has 0 radical (unpaired) electrons. The van der Waals surface area contributed by atoms with Gasteiger partial charge >= 0.3 is 5.97 Å². The van der Waals surface area contributed by atoms with Crippen molar-refractivity contribution in [3.05, 3.63) is 70.1 Å². The Morgan fingerprint density at radius 1 is 0.973 bits per heavy atom. The first-order valence-electron chi connectivity index (χ1n) is 12.3. The molecule has 2 aromatic rings. The summed E-state index contributed by atoms with van der Waals surface area (Å²) in [5.74, 6) is 0.236. The predicted octanol–water partition coefficient (Wildman–Crippen LogP) is 4.73. The van der Waals surface area contributed by atoms with Crippen LogP contribution in [0, 0.1) is 0 Å². The SMILES string of the molecule is CCCOC(=O)C1=C(C)NC2=C(C(=O)C[C@@H](c3ccc(OC)c(OC)c3)C2)[C@@H]1c1ccc(O)c(OC)c1. The Kier molecular flexibility index (Phi) is 7.76. The van der Waals surface area contributed by atoms with Gasteiger partial charge in [0.2, 0.25) is 0 Å². The third-order valence-corrected chi connectivity index (χ3v) is 6.90. The molecule has 0 bridgehead atoms. The standard InChI is InChI=1S/C29H33NO7/c1-6-11-37-29(33)26-16(2)30-20-12-19(17-8-10-23(34-3)25(14-17)36-5)13-22(32)28(20)27(26)18-7-9-21(31)24(15-18)35-4/h7-10,14-15,19,27,30-31H,6,11-13H2,1-5H3/t19-,27+/m0/s1. The Morgan fingerprint density at radius 3 is 2.32 bits per heavy atom. The fourth-order valence-electron chi connectivity index (χ4n) is 5.13. The van der Waals surface area contributed by atoms with E-state index in [9.17, 15) is 14.7 Å². The van der Waals surface area contributed by atoms with Crippen molar-refractivity contribution >= 4 is 11.8 Å². The molecular formula is C29H33NO7. The number of Topliss-reactive ketones (excluding diaryl/α,β-unsaturated/α-hetero) is 1. The van der Waals surface area contributed by atoms with Crippen LogP contribution in [0.25, 0.3) is 0 Å². The third kappa shape index (κ3) is 5.01. The lowest BCUT2D eigenvalue weighted by molar-refractivity contribution is -0.139. The number of esters is 1. The van der Waals surface area contributed by atoms with Gasteiger partial charge in [0.05, 0.1) is 33.5 Å². The molecule has 2 N–H and O–H groups in total. The minimum absolute atomic E-state index is 0.0197. The summed E-state index contributed by atoms with van der Waals surface area (Å²) in [6.45, 7) is 4.03. The van der Waals surface area contributed by atoms with Crippen molar-refractivity contribution in [1.29, 1.82) is 0 Å². The lowest BCUT2D eigenvalue weighted by Crippen LogP contribution is -2.36. The maximum absolute atomic E-state index is 13.8. The van der Waals surface area contributed by atoms with E-state index in [1.165, 1.54) is 13.2 Å². The molecule has 2 aromatic carbocycles. The number of dihydropyridines is 1. The van der Waals surface area contributed by atoms with Crippen molar-refractivity contribution in [2.45, 2.75) is 44.9 Å². The highest BCUT2D eigenvalue weighted by Crippen LogP contribution is 2.47. The number of rotatable bonds is 8. The minimum Gasteiger partial charge on any atom is -0.504 e. The lowest BCUT2D eigenvalue weighted by atomic mass is 9.71. The summed E-state index contributed by atoms with van der Waals surface area (Å²) < 4.78 is 21.7. The molecule has 0 unspecified atom stereocenters. The number of ketones is 1. The summed E-state index contributed by atoms with van der Waals surface area (Å²) in [5.41, 5.74) is 3.98. The summed E-state index contributed by atoms with van der Waals surface area (Å²) in [6, 6.07) is 10.6. The van der Waals surface area contributed by atoms with Crippen LogP contribution < -0.4 is 19.5 Å².